The van der Waals surface area contributed by atoms with Crippen LogP contribution in [0.25, 0.3) is 0 Å². The lowest BCUT2D eigenvalue weighted by atomic mass is 9.91. The fraction of sp³-hybridized carbons (Fsp3) is 0.750. The number of hydrogen-bond acceptors (Lipinski definition) is 1. The molecule has 0 bridgehead atoms. The van der Waals surface area contributed by atoms with Gasteiger partial charge in [-0.3, -0.25) is 0 Å². The van der Waals surface area contributed by atoms with E-state index in [9.17, 15) is 5.11 Å². The minimum Gasteiger partial charge on any atom is -0.511 e. The zero-order chi connectivity index (χ0) is 7.56. The van der Waals surface area contributed by atoms with Gasteiger partial charge >= 0.3 is 0 Å². The summed E-state index contributed by atoms with van der Waals surface area (Å²) in [5, 5.41) is 9.90. The molecule has 1 aliphatic carbocycles. The molecule has 0 saturated heterocycles. The van der Waals surface area contributed by atoms with Crippen molar-refractivity contribution < 1.29 is 5.11 Å². The predicted molar refractivity (Wildman–Crippen MR) is 43.1 cm³/mol. The van der Waals surface area contributed by atoms with Crippen LogP contribution in [0.4, 0.5) is 0 Å². The van der Waals surface area contributed by atoms with E-state index in [4.69, 9.17) is 11.6 Å². The molecule has 0 spiro atoms. The molecule has 0 saturated carbocycles. The maximum absolute atomic E-state index is 9.23. The fourth-order valence-electron chi connectivity index (χ4n) is 1.31. The predicted octanol–water partition coefficient (Wildman–Crippen LogP) is 3.20. The van der Waals surface area contributed by atoms with Crippen molar-refractivity contribution in [3.63, 3.8) is 0 Å². The smallest absolute Gasteiger partial charge is 0.107 e. The number of allylic oxidation sites excluding steroid dienone is 2. The van der Waals surface area contributed by atoms with Crippen molar-refractivity contribution >= 4 is 11.6 Å². The van der Waals surface area contributed by atoms with Crippen LogP contribution in [0.15, 0.2) is 10.8 Å². The van der Waals surface area contributed by atoms with E-state index in [0.29, 0.717) is 16.7 Å². The minimum absolute atomic E-state index is 0.416. The molecule has 1 unspecified atom stereocenters. The van der Waals surface area contributed by atoms with Crippen LogP contribution in [0.5, 0.6) is 0 Å². The van der Waals surface area contributed by atoms with Gasteiger partial charge in [0.05, 0.1) is 5.03 Å². The fourth-order valence-corrected chi connectivity index (χ4v) is 1.50. The van der Waals surface area contributed by atoms with Crippen LogP contribution in [0.1, 0.15) is 32.6 Å². The second kappa shape index (κ2) is 3.29. The van der Waals surface area contributed by atoms with Crippen molar-refractivity contribution in [3.05, 3.63) is 10.8 Å². The van der Waals surface area contributed by atoms with Gasteiger partial charge in [-0.15, -0.1) is 0 Å². The van der Waals surface area contributed by atoms with Gasteiger partial charge in [-0.25, -0.2) is 0 Å². The van der Waals surface area contributed by atoms with E-state index in [1.807, 2.05) is 0 Å². The monoisotopic (exact) mass is 160 g/mol. The van der Waals surface area contributed by atoms with Gasteiger partial charge in [0.25, 0.3) is 0 Å². The molecule has 0 amide bonds. The van der Waals surface area contributed by atoms with Crippen LogP contribution < -0.4 is 0 Å². The Morgan fingerprint density at radius 3 is 2.90 bits per heavy atom. The van der Waals surface area contributed by atoms with Crippen molar-refractivity contribution in [3.8, 4) is 0 Å². The second-order valence-corrected chi connectivity index (χ2v) is 3.32. The number of rotatable bonds is 1. The molecule has 0 aromatic carbocycles. The second-order valence-electron chi connectivity index (χ2n) is 2.87. The average Bonchev–Trinajstić information content (AvgIpc) is 1.95. The molecule has 0 heterocycles. The van der Waals surface area contributed by atoms with Gasteiger partial charge in [0.1, 0.15) is 5.76 Å². The molecule has 1 rings (SSSR count). The normalized spacial score (nSPS) is 27.2. The third-order valence-corrected chi connectivity index (χ3v) is 2.55. The minimum atomic E-state index is 0.416. The Labute approximate surface area is 66.7 Å². The summed E-state index contributed by atoms with van der Waals surface area (Å²) in [5.74, 6) is 1.07. The van der Waals surface area contributed by atoms with E-state index >= 15 is 0 Å². The third kappa shape index (κ3) is 1.66. The number of hydrogen-bond donors (Lipinski definition) is 1. The molecule has 0 aromatic rings. The topological polar surface area (TPSA) is 20.2 Å². The Hall–Kier alpha value is -0.170. The first-order valence-electron chi connectivity index (χ1n) is 3.80. The van der Waals surface area contributed by atoms with Gasteiger partial charge in [-0.05, 0) is 18.8 Å². The lowest BCUT2D eigenvalue weighted by Crippen LogP contribution is -2.07. The Bertz CT molecular complexity index is 151. The molecular weight excluding hydrogens is 148 g/mol. The van der Waals surface area contributed by atoms with Crippen molar-refractivity contribution in [2.24, 2.45) is 5.92 Å². The summed E-state index contributed by atoms with van der Waals surface area (Å²) < 4.78 is 0. The van der Waals surface area contributed by atoms with Gasteiger partial charge in [0.15, 0.2) is 0 Å². The van der Waals surface area contributed by atoms with Crippen LogP contribution in [0.3, 0.4) is 0 Å². The SMILES string of the molecule is CCC1CCC(Cl)=C(O)C1. The third-order valence-electron chi connectivity index (χ3n) is 2.14. The van der Waals surface area contributed by atoms with Crippen molar-refractivity contribution in [1.29, 1.82) is 0 Å². The Morgan fingerprint density at radius 2 is 2.40 bits per heavy atom. The number of aliphatic hydroxyl groups is 1. The van der Waals surface area contributed by atoms with E-state index in [1.54, 1.807) is 0 Å². The summed E-state index contributed by atoms with van der Waals surface area (Å²) in [7, 11) is 0. The van der Waals surface area contributed by atoms with Gasteiger partial charge in [0.2, 0.25) is 0 Å². The first-order chi connectivity index (χ1) is 4.74. The van der Waals surface area contributed by atoms with Crippen LogP contribution in [0, 0.1) is 5.92 Å². The summed E-state index contributed by atoms with van der Waals surface area (Å²) in [4.78, 5) is 0. The zero-order valence-electron chi connectivity index (χ0n) is 6.23. The molecule has 1 atom stereocenters. The zero-order valence-corrected chi connectivity index (χ0v) is 6.99. The average molecular weight is 161 g/mol. The van der Waals surface area contributed by atoms with Gasteiger partial charge in [0, 0.05) is 6.42 Å². The molecule has 0 aromatic heterocycles. The standard InChI is InChI=1S/C8H13ClO/c1-2-6-3-4-7(9)8(10)5-6/h6,10H,2-5H2,1H3. The molecule has 10 heavy (non-hydrogen) atoms. The molecule has 1 nitrogen and oxygen atoms in total. The molecule has 1 aliphatic rings. The van der Waals surface area contributed by atoms with E-state index < -0.39 is 0 Å². The highest BCUT2D eigenvalue weighted by Crippen LogP contribution is 2.31. The lowest BCUT2D eigenvalue weighted by molar-refractivity contribution is 0.313. The molecular formula is C8H13ClO. The maximum atomic E-state index is 9.23. The van der Waals surface area contributed by atoms with Crippen LogP contribution in [-0.2, 0) is 0 Å². The highest BCUT2D eigenvalue weighted by Gasteiger charge is 2.17. The van der Waals surface area contributed by atoms with E-state index in [2.05, 4.69) is 6.92 Å². The maximum Gasteiger partial charge on any atom is 0.107 e. The molecule has 0 fully saturated rings. The van der Waals surface area contributed by atoms with Gasteiger partial charge in [-0.1, -0.05) is 24.9 Å². The van der Waals surface area contributed by atoms with Crippen molar-refractivity contribution in [2.75, 3.05) is 0 Å². The first-order valence-corrected chi connectivity index (χ1v) is 4.18. The van der Waals surface area contributed by atoms with Gasteiger partial charge < -0.3 is 5.11 Å². The van der Waals surface area contributed by atoms with E-state index in [-0.39, 0.29) is 0 Å². The summed E-state index contributed by atoms with van der Waals surface area (Å²) in [6.07, 6.45) is 3.94. The summed E-state index contributed by atoms with van der Waals surface area (Å²) in [6, 6.07) is 0. The van der Waals surface area contributed by atoms with E-state index in [1.165, 1.54) is 0 Å². The van der Waals surface area contributed by atoms with Crippen LogP contribution >= 0.6 is 11.6 Å². The van der Waals surface area contributed by atoms with Gasteiger partial charge in [-0.2, -0.15) is 0 Å². The summed E-state index contributed by atoms with van der Waals surface area (Å²) in [6.45, 7) is 2.15. The highest BCUT2D eigenvalue weighted by atomic mass is 35.5. The highest BCUT2D eigenvalue weighted by molar-refractivity contribution is 6.29. The largest absolute Gasteiger partial charge is 0.511 e. The first kappa shape index (κ1) is 7.93. The summed E-state index contributed by atoms with van der Waals surface area (Å²) in [5.41, 5.74) is 0. The Morgan fingerprint density at radius 1 is 1.70 bits per heavy atom. The van der Waals surface area contributed by atoms with E-state index in [0.717, 1.165) is 25.7 Å². The van der Waals surface area contributed by atoms with Crippen LogP contribution in [0.2, 0.25) is 0 Å². The lowest BCUT2D eigenvalue weighted by Gasteiger charge is -2.19. The number of aliphatic hydroxyl groups excluding tert-OH is 1. The number of halogens is 1. The van der Waals surface area contributed by atoms with Crippen molar-refractivity contribution in [1.82, 2.24) is 0 Å². The van der Waals surface area contributed by atoms with Crippen molar-refractivity contribution in [2.45, 2.75) is 32.6 Å². The molecule has 1 N–H and O–H groups in total. The van der Waals surface area contributed by atoms with Crippen LogP contribution in [-0.4, -0.2) is 5.11 Å². The molecule has 58 valence electrons. The summed E-state index contributed by atoms with van der Waals surface area (Å²) >= 11 is 5.72. The molecule has 2 heteroatoms. The Balaban J connectivity index is 2.54. The Kier molecular flexibility index (Phi) is 2.61. The molecule has 0 radical (unpaired) electrons. The molecule has 0 aliphatic heterocycles. The quantitative estimate of drug-likeness (QED) is 0.625.